The lowest BCUT2D eigenvalue weighted by atomic mass is 10.2. The van der Waals surface area contributed by atoms with Crippen LogP contribution < -0.4 is 11.1 Å². The van der Waals surface area contributed by atoms with Gasteiger partial charge >= 0.3 is 0 Å². The summed E-state index contributed by atoms with van der Waals surface area (Å²) in [6, 6.07) is 8.89. The highest BCUT2D eigenvalue weighted by atomic mass is 16.1. The second kappa shape index (κ2) is 6.05. The van der Waals surface area contributed by atoms with Crippen molar-refractivity contribution in [3.05, 3.63) is 87.1 Å². The molecule has 5 rings (SSSR count). The minimum absolute atomic E-state index is 0.264. The van der Waals surface area contributed by atoms with Crippen LogP contribution in [0, 0.1) is 6.92 Å². The van der Waals surface area contributed by atoms with Crippen LogP contribution in [0.3, 0.4) is 0 Å². The van der Waals surface area contributed by atoms with E-state index in [4.69, 9.17) is 0 Å². The van der Waals surface area contributed by atoms with Crippen LogP contribution in [0.1, 0.15) is 11.1 Å². The molecule has 0 saturated carbocycles. The van der Waals surface area contributed by atoms with Crippen LogP contribution in [0.4, 0.5) is 0 Å². The van der Waals surface area contributed by atoms with Crippen molar-refractivity contribution in [2.45, 2.75) is 13.5 Å². The van der Waals surface area contributed by atoms with Crippen molar-refractivity contribution in [1.82, 2.24) is 28.9 Å². The summed E-state index contributed by atoms with van der Waals surface area (Å²) >= 11 is 0. The third-order valence-corrected chi connectivity index (χ3v) is 4.69. The molecule has 5 aromatic heterocycles. The molecule has 0 aliphatic carbocycles. The third kappa shape index (κ3) is 2.46. The summed E-state index contributed by atoms with van der Waals surface area (Å²) in [5.41, 5.74) is 2.30. The summed E-state index contributed by atoms with van der Waals surface area (Å²) in [5.74, 6) is 0. The number of hydrogen-bond donors (Lipinski definition) is 0. The van der Waals surface area contributed by atoms with Crippen molar-refractivity contribution in [2.75, 3.05) is 0 Å². The van der Waals surface area contributed by atoms with Crippen LogP contribution >= 0.6 is 0 Å². The Labute approximate surface area is 157 Å². The number of aromatic nitrogens is 6. The van der Waals surface area contributed by atoms with E-state index >= 15 is 0 Å². The molecule has 0 aliphatic rings. The molecule has 0 saturated heterocycles. The van der Waals surface area contributed by atoms with Gasteiger partial charge in [0.05, 0.1) is 17.3 Å². The highest BCUT2D eigenvalue weighted by Crippen LogP contribution is 2.14. The first-order valence-corrected chi connectivity index (χ1v) is 8.68. The maximum atomic E-state index is 12.9. The molecular weight excluding hydrogens is 356 g/mol. The lowest BCUT2D eigenvalue weighted by Crippen LogP contribution is -2.23. The summed E-state index contributed by atoms with van der Waals surface area (Å²) in [7, 11) is 0. The van der Waals surface area contributed by atoms with Gasteiger partial charge in [-0.25, -0.2) is 15.0 Å². The van der Waals surface area contributed by atoms with Crippen molar-refractivity contribution >= 4 is 27.7 Å². The highest BCUT2D eigenvalue weighted by Gasteiger charge is 2.13. The van der Waals surface area contributed by atoms with Crippen LogP contribution in [0.15, 0.2) is 64.8 Å². The third-order valence-electron chi connectivity index (χ3n) is 4.69. The summed E-state index contributed by atoms with van der Waals surface area (Å²) < 4.78 is 2.94. The number of nitrogens with zero attached hydrogens (tertiary/aromatic N) is 6. The fraction of sp³-hybridized carbons (Fsp3) is 0.100. The molecule has 0 bridgehead atoms. The summed E-state index contributed by atoms with van der Waals surface area (Å²) in [4.78, 5) is 43.1. The van der Waals surface area contributed by atoms with Gasteiger partial charge in [0, 0.05) is 18.6 Å². The zero-order valence-electron chi connectivity index (χ0n) is 14.9. The van der Waals surface area contributed by atoms with Crippen molar-refractivity contribution in [3.8, 4) is 0 Å². The second-order valence-corrected chi connectivity index (χ2v) is 6.57. The molecule has 0 N–H and O–H groups in total. The zero-order chi connectivity index (χ0) is 19.3. The van der Waals surface area contributed by atoms with E-state index in [0.717, 1.165) is 11.1 Å². The lowest BCUT2D eigenvalue weighted by Gasteiger charge is -2.08. The molecule has 0 amide bonds. The van der Waals surface area contributed by atoms with Gasteiger partial charge in [-0.15, -0.1) is 0 Å². The number of pyridine rings is 3. The molecule has 0 fully saturated rings. The van der Waals surface area contributed by atoms with Gasteiger partial charge in [-0.2, -0.15) is 0 Å². The monoisotopic (exact) mass is 370 g/mol. The van der Waals surface area contributed by atoms with Gasteiger partial charge in [-0.1, -0.05) is 12.1 Å². The SMILES string of the molecule is Cc1cccn2c(=O)c3cc4c(=O)n(Cc5cccnc5)cnc4nc3nc12. The van der Waals surface area contributed by atoms with Crippen molar-refractivity contribution in [3.63, 3.8) is 0 Å². The first kappa shape index (κ1) is 16.2. The van der Waals surface area contributed by atoms with Gasteiger partial charge in [-0.05, 0) is 36.2 Å². The quantitative estimate of drug-likeness (QED) is 0.439. The molecule has 5 aromatic rings. The molecular formula is C20H14N6O2. The van der Waals surface area contributed by atoms with Gasteiger partial charge in [-0.3, -0.25) is 23.5 Å². The molecule has 0 unspecified atom stereocenters. The molecule has 28 heavy (non-hydrogen) atoms. The van der Waals surface area contributed by atoms with Crippen molar-refractivity contribution < 1.29 is 0 Å². The smallest absolute Gasteiger partial charge is 0.267 e. The number of rotatable bonds is 2. The molecule has 0 spiro atoms. The average Bonchev–Trinajstić information content (AvgIpc) is 2.71. The van der Waals surface area contributed by atoms with Crippen molar-refractivity contribution in [1.29, 1.82) is 0 Å². The zero-order valence-corrected chi connectivity index (χ0v) is 14.9. The molecule has 0 aliphatic heterocycles. The molecule has 8 nitrogen and oxygen atoms in total. The van der Waals surface area contributed by atoms with Crippen LogP contribution in [0.25, 0.3) is 27.7 Å². The Bertz CT molecular complexity index is 1490. The minimum Gasteiger partial charge on any atom is -0.294 e. The van der Waals surface area contributed by atoms with E-state index in [1.165, 1.54) is 21.4 Å². The predicted octanol–water partition coefficient (Wildman–Crippen LogP) is 1.70. The van der Waals surface area contributed by atoms with Gasteiger partial charge < -0.3 is 0 Å². The van der Waals surface area contributed by atoms with E-state index in [0.29, 0.717) is 12.2 Å². The summed E-state index contributed by atoms with van der Waals surface area (Å²) in [6.07, 6.45) is 6.48. The molecule has 0 aromatic carbocycles. The fourth-order valence-corrected chi connectivity index (χ4v) is 3.27. The van der Waals surface area contributed by atoms with Crippen molar-refractivity contribution in [2.24, 2.45) is 0 Å². The molecule has 5 heterocycles. The Morgan fingerprint density at radius 3 is 2.68 bits per heavy atom. The molecule has 0 atom stereocenters. The molecule has 136 valence electrons. The largest absolute Gasteiger partial charge is 0.294 e. The maximum Gasteiger partial charge on any atom is 0.267 e. The van der Waals surface area contributed by atoms with Crippen LogP contribution in [0.2, 0.25) is 0 Å². The normalized spacial score (nSPS) is 11.5. The van der Waals surface area contributed by atoms with Crippen LogP contribution in [0.5, 0.6) is 0 Å². The van der Waals surface area contributed by atoms with Gasteiger partial charge in [0.1, 0.15) is 12.0 Å². The first-order valence-electron chi connectivity index (χ1n) is 8.68. The van der Waals surface area contributed by atoms with E-state index in [1.807, 2.05) is 25.1 Å². The van der Waals surface area contributed by atoms with Crippen LogP contribution in [-0.4, -0.2) is 28.9 Å². The van der Waals surface area contributed by atoms with Gasteiger partial charge in [0.25, 0.3) is 11.1 Å². The maximum absolute atomic E-state index is 12.9. The summed E-state index contributed by atoms with van der Waals surface area (Å²) in [6.45, 7) is 2.21. The van der Waals surface area contributed by atoms with E-state index in [2.05, 4.69) is 19.9 Å². The van der Waals surface area contributed by atoms with Crippen LogP contribution in [-0.2, 0) is 6.54 Å². The summed E-state index contributed by atoms with van der Waals surface area (Å²) in [5, 5.41) is 0.569. The van der Waals surface area contributed by atoms with E-state index in [9.17, 15) is 9.59 Å². The van der Waals surface area contributed by atoms with Gasteiger partial charge in [0.2, 0.25) is 0 Å². The standard InChI is InChI=1S/C20H14N6O2/c1-12-4-3-7-26-18(12)24-17-15(20(26)28)8-14-16(23-17)22-11-25(19(14)27)10-13-5-2-6-21-9-13/h2-9,11H,10H2,1H3. The van der Waals surface area contributed by atoms with E-state index < -0.39 is 0 Å². The topological polar surface area (TPSA) is 95.0 Å². The van der Waals surface area contributed by atoms with Gasteiger partial charge in [0.15, 0.2) is 11.3 Å². The highest BCUT2D eigenvalue weighted by molar-refractivity contribution is 5.89. The minimum atomic E-state index is -0.267. The number of aryl methyl sites for hydroxylation is 1. The molecule has 8 heteroatoms. The first-order chi connectivity index (χ1) is 13.6. The van der Waals surface area contributed by atoms with E-state index in [1.54, 1.807) is 24.7 Å². The Morgan fingerprint density at radius 2 is 1.86 bits per heavy atom. The Balaban J connectivity index is 1.78. The Hall–Kier alpha value is -3.94. The second-order valence-electron chi connectivity index (χ2n) is 6.57. The lowest BCUT2D eigenvalue weighted by molar-refractivity contribution is 0.744. The Kier molecular flexibility index (Phi) is 3.51. The number of fused-ring (bicyclic) bond motifs is 3. The Morgan fingerprint density at radius 1 is 1.00 bits per heavy atom. The predicted molar refractivity (Wildman–Crippen MR) is 104 cm³/mol. The average molecular weight is 370 g/mol. The molecule has 0 radical (unpaired) electrons. The fourth-order valence-electron chi connectivity index (χ4n) is 3.27. The van der Waals surface area contributed by atoms with E-state index in [-0.39, 0.29) is 33.2 Å². The number of hydrogen-bond acceptors (Lipinski definition) is 6.